The zero-order valence-electron chi connectivity index (χ0n) is 14.4. The monoisotopic (exact) mass is 353 g/mol. The fraction of sp³-hybridized carbons (Fsp3) is 0.222. The molecular weight excluding hydrogens is 334 g/mol. The van der Waals surface area contributed by atoms with E-state index in [1.165, 1.54) is 11.8 Å². The van der Waals surface area contributed by atoms with Gasteiger partial charge in [0.2, 0.25) is 0 Å². The van der Waals surface area contributed by atoms with Crippen LogP contribution in [0, 0.1) is 11.8 Å². The molecule has 5 N–H and O–H groups in total. The lowest BCUT2D eigenvalue weighted by molar-refractivity contribution is -0.132. The second-order valence-electron chi connectivity index (χ2n) is 6.16. The topological polar surface area (TPSA) is 130 Å². The smallest absolute Gasteiger partial charge is 0.267 e. The number of amides is 2. The van der Waals surface area contributed by atoms with Crippen LogP contribution in [0.2, 0.25) is 0 Å². The summed E-state index contributed by atoms with van der Waals surface area (Å²) in [6.45, 7) is 3.14. The molecule has 0 aliphatic rings. The summed E-state index contributed by atoms with van der Waals surface area (Å²) < 4.78 is 0. The molecule has 1 unspecified atom stereocenters. The van der Waals surface area contributed by atoms with Crippen molar-refractivity contribution >= 4 is 11.8 Å². The van der Waals surface area contributed by atoms with Crippen molar-refractivity contribution in [2.75, 3.05) is 0 Å². The van der Waals surface area contributed by atoms with E-state index in [0.717, 1.165) is 0 Å². The Morgan fingerprint density at radius 3 is 2.23 bits per heavy atom. The molecule has 1 aromatic heterocycles. The molecule has 1 atom stereocenters. The molecule has 0 aliphatic carbocycles. The third-order valence-electron chi connectivity index (χ3n) is 3.45. The van der Waals surface area contributed by atoms with Gasteiger partial charge in [0, 0.05) is 29.1 Å². The van der Waals surface area contributed by atoms with E-state index in [1.54, 1.807) is 50.5 Å². The Hall–Kier alpha value is -3.28. The van der Waals surface area contributed by atoms with Crippen LogP contribution in [0.15, 0.2) is 43.0 Å². The molecule has 8 heteroatoms. The molecule has 0 radical (unpaired) electrons. The van der Waals surface area contributed by atoms with Crippen molar-refractivity contribution in [1.82, 2.24) is 20.8 Å². The third-order valence-corrected chi connectivity index (χ3v) is 3.45. The van der Waals surface area contributed by atoms with E-state index in [-0.39, 0.29) is 0 Å². The van der Waals surface area contributed by atoms with E-state index in [1.807, 2.05) is 0 Å². The van der Waals surface area contributed by atoms with Crippen LogP contribution in [0.3, 0.4) is 0 Å². The first-order valence-electron chi connectivity index (χ1n) is 7.72. The summed E-state index contributed by atoms with van der Waals surface area (Å²) in [4.78, 5) is 31.8. The Balaban J connectivity index is 2.11. The Labute approximate surface area is 150 Å². The molecule has 8 nitrogen and oxygen atoms in total. The minimum Gasteiger partial charge on any atom is -0.338 e. The van der Waals surface area contributed by atoms with Gasteiger partial charge in [-0.05, 0) is 38.1 Å². The fourth-order valence-electron chi connectivity index (χ4n) is 2.08. The summed E-state index contributed by atoms with van der Waals surface area (Å²) in [7, 11) is 0. The molecular formula is C18H19N5O3. The van der Waals surface area contributed by atoms with Crippen LogP contribution in [-0.4, -0.2) is 38.6 Å². The fourth-order valence-corrected chi connectivity index (χ4v) is 2.08. The van der Waals surface area contributed by atoms with Gasteiger partial charge in [-0.25, -0.2) is 15.4 Å². The first-order valence-corrected chi connectivity index (χ1v) is 7.72. The third kappa shape index (κ3) is 5.11. The molecule has 0 saturated heterocycles. The van der Waals surface area contributed by atoms with Crippen molar-refractivity contribution in [3.8, 4) is 11.8 Å². The van der Waals surface area contributed by atoms with Crippen molar-refractivity contribution in [2.24, 2.45) is 5.73 Å². The number of benzene rings is 1. The van der Waals surface area contributed by atoms with Gasteiger partial charge in [0.15, 0.2) is 0 Å². The first-order chi connectivity index (χ1) is 12.3. The number of carbonyl (C=O) groups excluding carboxylic acids is 2. The van der Waals surface area contributed by atoms with E-state index >= 15 is 0 Å². The highest BCUT2D eigenvalue weighted by atomic mass is 16.5. The standard InChI is InChI=1S/C18H19N5O3/c1-18(2,19)15(17(25)23-26)22-16(24)14-7-5-12(6-8-14)3-4-13-9-20-11-21-10-13/h5-11,15,26H,19H2,1-2H3,(H,22,24)(H,23,25). The van der Waals surface area contributed by atoms with Crippen LogP contribution >= 0.6 is 0 Å². The van der Waals surface area contributed by atoms with Gasteiger partial charge in [0.1, 0.15) is 12.4 Å². The van der Waals surface area contributed by atoms with E-state index in [9.17, 15) is 9.59 Å². The number of rotatable bonds is 4. The Kier molecular flexibility index (Phi) is 6.01. The maximum atomic E-state index is 12.3. The average molecular weight is 353 g/mol. The summed E-state index contributed by atoms with van der Waals surface area (Å²) in [5.74, 6) is 4.57. The second-order valence-corrected chi connectivity index (χ2v) is 6.16. The number of nitrogens with one attached hydrogen (secondary N) is 2. The number of aromatic nitrogens is 2. The van der Waals surface area contributed by atoms with Gasteiger partial charge in [-0.3, -0.25) is 14.8 Å². The molecule has 2 rings (SSSR count). The molecule has 0 aliphatic heterocycles. The number of hydrogen-bond acceptors (Lipinski definition) is 6. The maximum absolute atomic E-state index is 12.3. The number of hydroxylamine groups is 1. The molecule has 0 bridgehead atoms. The summed E-state index contributed by atoms with van der Waals surface area (Å²) in [6.07, 6.45) is 4.62. The number of nitrogens with two attached hydrogens (primary N) is 1. The maximum Gasteiger partial charge on any atom is 0.267 e. The van der Waals surface area contributed by atoms with E-state index < -0.39 is 23.4 Å². The van der Waals surface area contributed by atoms with Crippen LogP contribution in [0.5, 0.6) is 0 Å². The zero-order chi connectivity index (χ0) is 19.2. The van der Waals surface area contributed by atoms with Crippen LogP contribution < -0.4 is 16.5 Å². The predicted octanol–water partition coefficient (Wildman–Crippen LogP) is 0.217. The van der Waals surface area contributed by atoms with Crippen molar-refractivity contribution in [3.05, 3.63) is 59.7 Å². The van der Waals surface area contributed by atoms with E-state index in [0.29, 0.717) is 16.7 Å². The zero-order valence-corrected chi connectivity index (χ0v) is 14.4. The lowest BCUT2D eigenvalue weighted by Crippen LogP contribution is -2.61. The summed E-state index contributed by atoms with van der Waals surface area (Å²) in [5.41, 5.74) is 8.04. The summed E-state index contributed by atoms with van der Waals surface area (Å²) in [5, 5.41) is 11.3. The van der Waals surface area contributed by atoms with Gasteiger partial charge in [-0.15, -0.1) is 0 Å². The van der Waals surface area contributed by atoms with Crippen LogP contribution in [0.25, 0.3) is 0 Å². The molecule has 2 aromatic rings. The molecule has 134 valence electrons. The molecule has 0 saturated carbocycles. The number of carbonyl (C=O) groups is 2. The van der Waals surface area contributed by atoms with Gasteiger partial charge in [-0.1, -0.05) is 11.8 Å². The number of hydrogen-bond donors (Lipinski definition) is 4. The lowest BCUT2D eigenvalue weighted by Gasteiger charge is -2.29. The Morgan fingerprint density at radius 2 is 1.69 bits per heavy atom. The Morgan fingerprint density at radius 1 is 1.12 bits per heavy atom. The molecule has 0 spiro atoms. The van der Waals surface area contributed by atoms with Crippen molar-refractivity contribution in [1.29, 1.82) is 0 Å². The van der Waals surface area contributed by atoms with Crippen LogP contribution in [0.4, 0.5) is 0 Å². The van der Waals surface area contributed by atoms with Crippen molar-refractivity contribution < 1.29 is 14.8 Å². The van der Waals surface area contributed by atoms with Crippen LogP contribution in [-0.2, 0) is 4.79 Å². The van der Waals surface area contributed by atoms with Crippen molar-refractivity contribution in [3.63, 3.8) is 0 Å². The lowest BCUT2D eigenvalue weighted by atomic mass is 9.95. The predicted molar refractivity (Wildman–Crippen MR) is 93.9 cm³/mol. The van der Waals surface area contributed by atoms with Gasteiger partial charge < -0.3 is 11.1 Å². The van der Waals surface area contributed by atoms with E-state index in [2.05, 4.69) is 27.1 Å². The highest BCUT2D eigenvalue weighted by Gasteiger charge is 2.33. The number of nitrogens with zero attached hydrogens (tertiary/aromatic N) is 2. The summed E-state index contributed by atoms with van der Waals surface area (Å²) in [6, 6.07) is 5.43. The molecule has 1 aromatic carbocycles. The minimum atomic E-state index is -1.10. The Bertz CT molecular complexity index is 833. The van der Waals surface area contributed by atoms with Gasteiger partial charge in [-0.2, -0.15) is 0 Å². The highest BCUT2D eigenvalue weighted by Crippen LogP contribution is 2.09. The molecule has 26 heavy (non-hydrogen) atoms. The molecule has 1 heterocycles. The quantitative estimate of drug-likeness (QED) is 0.353. The van der Waals surface area contributed by atoms with Gasteiger partial charge >= 0.3 is 0 Å². The minimum absolute atomic E-state index is 0.332. The first kappa shape index (κ1) is 19.1. The molecule has 0 fully saturated rings. The normalized spacial score (nSPS) is 11.7. The van der Waals surface area contributed by atoms with Gasteiger partial charge in [0.25, 0.3) is 11.8 Å². The largest absolute Gasteiger partial charge is 0.338 e. The highest BCUT2D eigenvalue weighted by molar-refractivity contribution is 5.97. The van der Waals surface area contributed by atoms with E-state index in [4.69, 9.17) is 10.9 Å². The average Bonchev–Trinajstić information content (AvgIpc) is 2.64. The van der Waals surface area contributed by atoms with Crippen LogP contribution in [0.1, 0.15) is 35.3 Å². The summed E-state index contributed by atoms with van der Waals surface area (Å²) >= 11 is 0. The SMILES string of the molecule is CC(C)(N)C(NC(=O)c1ccc(C#Cc2cncnc2)cc1)C(=O)NO. The second kappa shape index (κ2) is 8.20. The van der Waals surface area contributed by atoms with Gasteiger partial charge in [0.05, 0.1) is 5.56 Å². The van der Waals surface area contributed by atoms with Crippen molar-refractivity contribution in [2.45, 2.75) is 25.4 Å². The molecule has 2 amide bonds.